The molecule has 1 amide bonds. The largest absolute Gasteiger partial charge is 0.446 e. The van der Waals surface area contributed by atoms with Gasteiger partial charge in [-0.25, -0.2) is 4.79 Å². The molecule has 0 bridgehead atoms. The molecule has 0 aliphatic heterocycles. The van der Waals surface area contributed by atoms with Crippen LogP contribution in [0.2, 0.25) is 0 Å². The minimum Gasteiger partial charge on any atom is -0.446 e. The Labute approximate surface area is 113 Å². The molecule has 108 valence electrons. The number of amides is 1. The summed E-state index contributed by atoms with van der Waals surface area (Å²) in [7, 11) is 0. The van der Waals surface area contributed by atoms with Gasteiger partial charge in [0.1, 0.15) is 6.10 Å². The Morgan fingerprint density at radius 3 is 2.22 bits per heavy atom. The highest BCUT2D eigenvalue weighted by Crippen LogP contribution is 2.21. The van der Waals surface area contributed by atoms with Gasteiger partial charge in [0, 0.05) is 6.54 Å². The lowest BCUT2D eigenvalue weighted by atomic mass is 9.90. The van der Waals surface area contributed by atoms with Crippen LogP contribution in [0.3, 0.4) is 0 Å². The van der Waals surface area contributed by atoms with Gasteiger partial charge in [0.15, 0.2) is 0 Å². The van der Waals surface area contributed by atoms with Crippen LogP contribution in [0.1, 0.15) is 73.1 Å². The van der Waals surface area contributed by atoms with Crippen molar-refractivity contribution in [2.75, 3.05) is 6.54 Å². The summed E-state index contributed by atoms with van der Waals surface area (Å²) >= 11 is 0. The molecule has 0 aliphatic rings. The van der Waals surface area contributed by atoms with Crippen LogP contribution in [0.25, 0.3) is 0 Å². The first-order valence-electron chi connectivity index (χ1n) is 7.32. The smallest absolute Gasteiger partial charge is 0.407 e. The Hall–Kier alpha value is -0.730. The Morgan fingerprint density at radius 1 is 1.11 bits per heavy atom. The van der Waals surface area contributed by atoms with Gasteiger partial charge >= 0.3 is 6.09 Å². The SMILES string of the molecule is CCCCCCCCNC(=O)O[C@H](C)C(C)(C)C. The maximum absolute atomic E-state index is 11.5. The number of alkyl carbamates (subject to hydrolysis) is 1. The predicted molar refractivity (Wildman–Crippen MR) is 76.8 cm³/mol. The highest BCUT2D eigenvalue weighted by atomic mass is 16.6. The zero-order valence-electron chi connectivity index (χ0n) is 12.8. The third kappa shape index (κ3) is 9.32. The van der Waals surface area contributed by atoms with Gasteiger partial charge < -0.3 is 10.1 Å². The predicted octanol–water partition coefficient (Wildman–Crippen LogP) is 4.51. The third-order valence-electron chi connectivity index (χ3n) is 3.30. The van der Waals surface area contributed by atoms with Crippen molar-refractivity contribution in [1.82, 2.24) is 5.32 Å². The molecule has 0 saturated carbocycles. The lowest BCUT2D eigenvalue weighted by Gasteiger charge is -2.26. The van der Waals surface area contributed by atoms with E-state index in [0.29, 0.717) is 0 Å². The highest BCUT2D eigenvalue weighted by molar-refractivity contribution is 5.67. The van der Waals surface area contributed by atoms with Gasteiger partial charge in [-0.3, -0.25) is 0 Å². The van der Waals surface area contributed by atoms with Crippen LogP contribution in [0.5, 0.6) is 0 Å². The van der Waals surface area contributed by atoms with Gasteiger partial charge in [-0.1, -0.05) is 59.8 Å². The van der Waals surface area contributed by atoms with Gasteiger partial charge in [0.05, 0.1) is 0 Å². The van der Waals surface area contributed by atoms with Crippen molar-refractivity contribution in [2.45, 2.75) is 79.2 Å². The van der Waals surface area contributed by atoms with E-state index in [1.54, 1.807) is 0 Å². The molecule has 0 heterocycles. The standard InChI is InChI=1S/C15H31NO2/c1-6-7-8-9-10-11-12-16-14(17)18-13(2)15(3,4)5/h13H,6-12H2,1-5H3,(H,16,17)/t13-/m1/s1. The lowest BCUT2D eigenvalue weighted by molar-refractivity contribution is 0.0437. The maximum atomic E-state index is 11.5. The summed E-state index contributed by atoms with van der Waals surface area (Å²) < 4.78 is 5.31. The number of hydrogen-bond acceptors (Lipinski definition) is 2. The van der Waals surface area contributed by atoms with E-state index in [-0.39, 0.29) is 17.6 Å². The molecule has 0 radical (unpaired) electrons. The summed E-state index contributed by atoms with van der Waals surface area (Å²) in [4.78, 5) is 11.5. The quantitative estimate of drug-likeness (QED) is 0.650. The molecule has 0 aromatic carbocycles. The summed E-state index contributed by atoms with van der Waals surface area (Å²) in [5.41, 5.74) is -0.00249. The number of unbranched alkanes of at least 4 members (excludes halogenated alkanes) is 5. The van der Waals surface area contributed by atoms with Crippen molar-refractivity contribution in [2.24, 2.45) is 5.41 Å². The van der Waals surface area contributed by atoms with Crippen LogP contribution >= 0.6 is 0 Å². The van der Waals surface area contributed by atoms with E-state index in [2.05, 4.69) is 33.0 Å². The van der Waals surface area contributed by atoms with Crippen molar-refractivity contribution in [1.29, 1.82) is 0 Å². The molecule has 0 aromatic rings. The number of ether oxygens (including phenoxy) is 1. The first kappa shape index (κ1) is 17.3. The number of hydrogen-bond donors (Lipinski definition) is 1. The topological polar surface area (TPSA) is 38.3 Å². The molecule has 1 N–H and O–H groups in total. The summed E-state index contributed by atoms with van der Waals surface area (Å²) in [6.45, 7) is 11.1. The van der Waals surface area contributed by atoms with Gasteiger partial charge in [0.2, 0.25) is 0 Å². The van der Waals surface area contributed by atoms with Gasteiger partial charge in [-0.05, 0) is 18.8 Å². The first-order chi connectivity index (χ1) is 8.38. The monoisotopic (exact) mass is 257 g/mol. The van der Waals surface area contributed by atoms with Crippen LogP contribution < -0.4 is 5.32 Å². The molecule has 0 rings (SSSR count). The van der Waals surface area contributed by atoms with E-state index in [0.717, 1.165) is 13.0 Å². The normalized spacial score (nSPS) is 13.2. The number of carbonyl (C=O) groups is 1. The Morgan fingerprint density at radius 2 is 1.67 bits per heavy atom. The van der Waals surface area contributed by atoms with Crippen LogP contribution in [0.4, 0.5) is 4.79 Å². The van der Waals surface area contributed by atoms with E-state index >= 15 is 0 Å². The molecular formula is C15H31NO2. The molecule has 0 unspecified atom stereocenters. The summed E-state index contributed by atoms with van der Waals surface area (Å²) in [5, 5.41) is 2.82. The highest BCUT2D eigenvalue weighted by Gasteiger charge is 2.23. The fraction of sp³-hybridized carbons (Fsp3) is 0.933. The lowest BCUT2D eigenvalue weighted by Crippen LogP contribution is -2.34. The van der Waals surface area contributed by atoms with E-state index < -0.39 is 0 Å². The van der Waals surface area contributed by atoms with Gasteiger partial charge in [-0.2, -0.15) is 0 Å². The van der Waals surface area contributed by atoms with Gasteiger partial charge in [-0.15, -0.1) is 0 Å². The van der Waals surface area contributed by atoms with Crippen molar-refractivity contribution in [3.05, 3.63) is 0 Å². The minimum atomic E-state index is -0.286. The van der Waals surface area contributed by atoms with E-state index in [4.69, 9.17) is 4.74 Å². The Balaban J connectivity index is 3.48. The summed E-state index contributed by atoms with van der Waals surface area (Å²) in [5.74, 6) is 0. The van der Waals surface area contributed by atoms with Crippen molar-refractivity contribution < 1.29 is 9.53 Å². The second kappa shape index (κ2) is 9.23. The molecule has 0 fully saturated rings. The molecule has 18 heavy (non-hydrogen) atoms. The number of nitrogens with one attached hydrogen (secondary N) is 1. The van der Waals surface area contributed by atoms with Crippen molar-refractivity contribution in [3.63, 3.8) is 0 Å². The molecule has 0 spiro atoms. The second-order valence-corrected chi connectivity index (χ2v) is 6.11. The maximum Gasteiger partial charge on any atom is 0.407 e. The third-order valence-corrected chi connectivity index (χ3v) is 3.30. The second-order valence-electron chi connectivity index (χ2n) is 6.11. The fourth-order valence-electron chi connectivity index (χ4n) is 1.47. The van der Waals surface area contributed by atoms with Crippen LogP contribution in [0, 0.1) is 5.41 Å². The van der Waals surface area contributed by atoms with E-state index in [1.165, 1.54) is 32.1 Å². The van der Waals surface area contributed by atoms with Crippen LogP contribution in [0.15, 0.2) is 0 Å². The number of carbonyl (C=O) groups excluding carboxylic acids is 1. The molecule has 3 nitrogen and oxygen atoms in total. The van der Waals surface area contributed by atoms with Gasteiger partial charge in [0.25, 0.3) is 0 Å². The zero-order chi connectivity index (χ0) is 14.0. The fourth-order valence-corrected chi connectivity index (χ4v) is 1.47. The summed E-state index contributed by atoms with van der Waals surface area (Å²) in [6, 6.07) is 0. The van der Waals surface area contributed by atoms with Crippen LogP contribution in [-0.4, -0.2) is 18.7 Å². The van der Waals surface area contributed by atoms with E-state index in [9.17, 15) is 4.79 Å². The van der Waals surface area contributed by atoms with Crippen molar-refractivity contribution in [3.8, 4) is 0 Å². The average molecular weight is 257 g/mol. The molecule has 0 saturated heterocycles. The zero-order valence-corrected chi connectivity index (χ0v) is 12.8. The Bertz CT molecular complexity index is 221. The molecule has 1 atom stereocenters. The minimum absolute atomic E-state index is 0.00249. The molecular weight excluding hydrogens is 226 g/mol. The Kier molecular flexibility index (Phi) is 8.86. The molecule has 0 aromatic heterocycles. The summed E-state index contributed by atoms with van der Waals surface area (Å²) in [6.07, 6.45) is 7.05. The van der Waals surface area contributed by atoms with Crippen molar-refractivity contribution >= 4 is 6.09 Å². The van der Waals surface area contributed by atoms with Crippen LogP contribution in [-0.2, 0) is 4.74 Å². The van der Waals surface area contributed by atoms with E-state index in [1.807, 2.05) is 6.92 Å². The molecule has 0 aliphatic carbocycles. The number of rotatable bonds is 8. The molecule has 3 heteroatoms. The first-order valence-corrected chi connectivity index (χ1v) is 7.32. The average Bonchev–Trinajstić information content (AvgIpc) is 2.26.